The second kappa shape index (κ2) is 7.22. The van der Waals surface area contributed by atoms with Crippen molar-refractivity contribution in [1.82, 2.24) is 4.90 Å². The highest BCUT2D eigenvalue weighted by Crippen LogP contribution is 2.32. The van der Waals surface area contributed by atoms with E-state index >= 15 is 0 Å². The molecule has 0 unspecified atom stereocenters. The standard InChI is InChI=1S/C16H23N3O2/c1-19(16(21)14-9-5-6-12(14)10-17)11-15(20)18-13-7-3-2-4-8-13/h2-4,7-8,12,14H,5-6,9-11,17H2,1H3,(H,18,20)/t12-,14-/m1/s1. The average molecular weight is 289 g/mol. The van der Waals surface area contributed by atoms with Crippen molar-refractivity contribution in [1.29, 1.82) is 0 Å². The van der Waals surface area contributed by atoms with Crippen molar-refractivity contribution in [3.05, 3.63) is 30.3 Å². The molecule has 1 fully saturated rings. The van der Waals surface area contributed by atoms with Gasteiger partial charge in [-0.25, -0.2) is 0 Å². The molecular weight excluding hydrogens is 266 g/mol. The highest BCUT2D eigenvalue weighted by atomic mass is 16.2. The summed E-state index contributed by atoms with van der Waals surface area (Å²) in [7, 11) is 1.68. The smallest absolute Gasteiger partial charge is 0.243 e. The molecule has 0 aliphatic heterocycles. The van der Waals surface area contributed by atoms with Crippen LogP contribution in [-0.2, 0) is 9.59 Å². The molecule has 2 atom stereocenters. The van der Waals surface area contributed by atoms with Crippen molar-refractivity contribution in [3.8, 4) is 0 Å². The van der Waals surface area contributed by atoms with Gasteiger partial charge in [0.15, 0.2) is 0 Å². The summed E-state index contributed by atoms with van der Waals surface area (Å²) in [5.41, 5.74) is 6.46. The summed E-state index contributed by atoms with van der Waals surface area (Å²) in [5.74, 6) is 0.0900. The molecule has 3 N–H and O–H groups in total. The molecule has 1 aromatic carbocycles. The van der Waals surface area contributed by atoms with Crippen LogP contribution in [0.4, 0.5) is 5.69 Å². The number of hydrogen-bond donors (Lipinski definition) is 2. The lowest BCUT2D eigenvalue weighted by Gasteiger charge is -2.24. The van der Waals surface area contributed by atoms with Gasteiger partial charge >= 0.3 is 0 Å². The van der Waals surface area contributed by atoms with E-state index < -0.39 is 0 Å². The molecule has 21 heavy (non-hydrogen) atoms. The third kappa shape index (κ3) is 4.04. The molecule has 114 valence electrons. The molecule has 1 aliphatic rings. The van der Waals surface area contributed by atoms with Gasteiger partial charge in [0.1, 0.15) is 0 Å². The Hall–Kier alpha value is -1.88. The Morgan fingerprint density at radius 3 is 2.67 bits per heavy atom. The number of nitrogens with two attached hydrogens (primary N) is 1. The fraction of sp³-hybridized carbons (Fsp3) is 0.500. The molecule has 0 spiro atoms. The minimum Gasteiger partial charge on any atom is -0.336 e. The molecule has 1 aromatic rings. The number of benzene rings is 1. The number of anilines is 1. The average Bonchev–Trinajstić information content (AvgIpc) is 2.95. The van der Waals surface area contributed by atoms with Gasteiger partial charge in [-0.3, -0.25) is 9.59 Å². The number of para-hydroxylation sites is 1. The Balaban J connectivity index is 1.87. The van der Waals surface area contributed by atoms with Crippen molar-refractivity contribution >= 4 is 17.5 Å². The van der Waals surface area contributed by atoms with Gasteiger partial charge in [0.05, 0.1) is 6.54 Å². The number of nitrogens with zero attached hydrogens (tertiary/aromatic N) is 1. The van der Waals surface area contributed by atoms with Crippen LogP contribution < -0.4 is 11.1 Å². The zero-order chi connectivity index (χ0) is 15.2. The molecule has 0 saturated heterocycles. The van der Waals surface area contributed by atoms with E-state index in [1.54, 1.807) is 7.05 Å². The molecule has 1 aliphatic carbocycles. The van der Waals surface area contributed by atoms with Crippen LogP contribution in [0.15, 0.2) is 30.3 Å². The molecule has 1 saturated carbocycles. The number of amides is 2. The molecule has 0 heterocycles. The van der Waals surface area contributed by atoms with Gasteiger partial charge in [0.25, 0.3) is 0 Å². The molecule has 5 nitrogen and oxygen atoms in total. The number of likely N-dealkylation sites (N-methyl/N-ethyl adjacent to an activating group) is 1. The van der Waals surface area contributed by atoms with Crippen LogP contribution in [0.3, 0.4) is 0 Å². The van der Waals surface area contributed by atoms with Crippen molar-refractivity contribution < 1.29 is 9.59 Å². The van der Waals surface area contributed by atoms with Gasteiger partial charge in [0.2, 0.25) is 11.8 Å². The minimum absolute atomic E-state index is 0.0236. The van der Waals surface area contributed by atoms with Crippen LogP contribution in [0.1, 0.15) is 19.3 Å². The van der Waals surface area contributed by atoms with Gasteiger partial charge < -0.3 is 16.0 Å². The van der Waals surface area contributed by atoms with E-state index in [0.717, 1.165) is 24.9 Å². The molecule has 0 aromatic heterocycles. The maximum Gasteiger partial charge on any atom is 0.243 e. The van der Waals surface area contributed by atoms with Gasteiger partial charge in [-0.15, -0.1) is 0 Å². The molecule has 2 rings (SSSR count). The van der Waals surface area contributed by atoms with Crippen molar-refractivity contribution in [2.24, 2.45) is 17.6 Å². The lowest BCUT2D eigenvalue weighted by Crippen LogP contribution is -2.40. The summed E-state index contributed by atoms with van der Waals surface area (Å²) in [6, 6.07) is 9.24. The lowest BCUT2D eigenvalue weighted by molar-refractivity contribution is -0.137. The zero-order valence-corrected chi connectivity index (χ0v) is 12.4. The highest BCUT2D eigenvalue weighted by Gasteiger charge is 2.34. The summed E-state index contributed by atoms with van der Waals surface area (Å²) < 4.78 is 0. The van der Waals surface area contributed by atoms with Crippen LogP contribution in [0.5, 0.6) is 0 Å². The van der Waals surface area contributed by atoms with E-state index in [1.807, 2.05) is 30.3 Å². The summed E-state index contributed by atoms with van der Waals surface area (Å²) in [4.78, 5) is 25.9. The number of carbonyl (C=O) groups is 2. The number of hydrogen-bond acceptors (Lipinski definition) is 3. The van der Waals surface area contributed by atoms with E-state index in [4.69, 9.17) is 5.73 Å². The van der Waals surface area contributed by atoms with Crippen molar-refractivity contribution in [3.63, 3.8) is 0 Å². The van der Waals surface area contributed by atoms with E-state index in [-0.39, 0.29) is 30.2 Å². The minimum atomic E-state index is -0.181. The second-order valence-electron chi connectivity index (χ2n) is 5.64. The first-order valence-corrected chi connectivity index (χ1v) is 7.41. The Bertz CT molecular complexity index is 490. The SMILES string of the molecule is CN(CC(=O)Nc1ccccc1)C(=O)[C@@H]1CCC[C@@H]1CN. The summed E-state index contributed by atoms with van der Waals surface area (Å²) in [5, 5.41) is 2.79. The van der Waals surface area contributed by atoms with Gasteiger partial charge in [-0.05, 0) is 37.4 Å². The second-order valence-corrected chi connectivity index (χ2v) is 5.64. The first kappa shape index (κ1) is 15.5. The quantitative estimate of drug-likeness (QED) is 0.861. The number of carbonyl (C=O) groups excluding carboxylic acids is 2. The zero-order valence-electron chi connectivity index (χ0n) is 12.4. The molecule has 5 heteroatoms. The van der Waals surface area contributed by atoms with Crippen LogP contribution in [-0.4, -0.2) is 36.9 Å². The third-order valence-corrected chi connectivity index (χ3v) is 4.09. The molecular formula is C16H23N3O2. The van der Waals surface area contributed by atoms with E-state index in [0.29, 0.717) is 6.54 Å². The van der Waals surface area contributed by atoms with Crippen LogP contribution >= 0.6 is 0 Å². The summed E-state index contributed by atoms with van der Waals surface area (Å²) >= 11 is 0. The van der Waals surface area contributed by atoms with Crippen molar-refractivity contribution in [2.45, 2.75) is 19.3 Å². The third-order valence-electron chi connectivity index (χ3n) is 4.09. The Labute approximate surface area is 125 Å². The fourth-order valence-corrected chi connectivity index (χ4v) is 2.94. The largest absolute Gasteiger partial charge is 0.336 e. The van der Waals surface area contributed by atoms with E-state index in [2.05, 4.69) is 5.32 Å². The maximum absolute atomic E-state index is 12.4. The van der Waals surface area contributed by atoms with Gasteiger partial charge in [-0.2, -0.15) is 0 Å². The van der Waals surface area contributed by atoms with Crippen LogP contribution in [0.25, 0.3) is 0 Å². The van der Waals surface area contributed by atoms with Crippen LogP contribution in [0.2, 0.25) is 0 Å². The first-order valence-electron chi connectivity index (χ1n) is 7.41. The molecule has 0 radical (unpaired) electrons. The maximum atomic E-state index is 12.4. The predicted molar refractivity (Wildman–Crippen MR) is 82.6 cm³/mol. The van der Waals surface area contributed by atoms with E-state index in [1.165, 1.54) is 4.90 Å². The Morgan fingerprint density at radius 2 is 2.00 bits per heavy atom. The fourth-order valence-electron chi connectivity index (χ4n) is 2.94. The predicted octanol–water partition coefficient (Wildman–Crippen LogP) is 1.46. The summed E-state index contributed by atoms with van der Waals surface area (Å²) in [6.45, 7) is 0.613. The van der Waals surface area contributed by atoms with Crippen LogP contribution in [0, 0.1) is 11.8 Å². The highest BCUT2D eigenvalue weighted by molar-refractivity contribution is 5.94. The van der Waals surface area contributed by atoms with E-state index in [9.17, 15) is 9.59 Å². The molecule has 0 bridgehead atoms. The molecule has 2 amide bonds. The lowest BCUT2D eigenvalue weighted by atomic mass is 9.95. The van der Waals surface area contributed by atoms with Gasteiger partial charge in [0, 0.05) is 18.7 Å². The topological polar surface area (TPSA) is 75.4 Å². The van der Waals surface area contributed by atoms with Gasteiger partial charge in [-0.1, -0.05) is 24.6 Å². The Kier molecular flexibility index (Phi) is 5.33. The summed E-state index contributed by atoms with van der Waals surface area (Å²) in [6.07, 6.45) is 2.94. The number of rotatable bonds is 5. The van der Waals surface area contributed by atoms with Crippen molar-refractivity contribution in [2.75, 3.05) is 25.5 Å². The monoisotopic (exact) mass is 289 g/mol. The normalized spacial score (nSPS) is 21.0. The first-order chi connectivity index (χ1) is 10.1. The Morgan fingerprint density at radius 1 is 1.29 bits per heavy atom. The number of nitrogens with one attached hydrogen (secondary N) is 1.